The number of aliphatic hydroxyl groups excluding tert-OH is 2. The highest BCUT2D eigenvalue weighted by Gasteiger charge is 2.44. The molecule has 1 spiro atoms. The van der Waals surface area contributed by atoms with E-state index in [1.807, 2.05) is 18.2 Å². The van der Waals surface area contributed by atoms with Gasteiger partial charge in [0.15, 0.2) is 5.79 Å². The number of hydrogen-bond donors (Lipinski definition) is 2. The van der Waals surface area contributed by atoms with Crippen molar-refractivity contribution in [1.29, 1.82) is 0 Å². The average Bonchev–Trinajstić information content (AvgIpc) is 2.34. The van der Waals surface area contributed by atoms with Crippen molar-refractivity contribution in [1.82, 2.24) is 0 Å². The molecule has 1 saturated heterocycles. The van der Waals surface area contributed by atoms with E-state index < -0.39 is 18.0 Å². The molecular formula is C13H16O4. The van der Waals surface area contributed by atoms with Gasteiger partial charge < -0.3 is 19.7 Å². The quantitative estimate of drug-likeness (QED) is 0.692. The molecule has 0 amide bonds. The number of ether oxygens (including phenoxy) is 2. The van der Waals surface area contributed by atoms with Gasteiger partial charge in [0, 0.05) is 12.8 Å². The molecule has 1 aromatic rings. The fourth-order valence-corrected chi connectivity index (χ4v) is 2.51. The molecule has 0 aliphatic carbocycles. The molecule has 1 aromatic carbocycles. The van der Waals surface area contributed by atoms with Crippen LogP contribution in [-0.4, -0.2) is 34.8 Å². The van der Waals surface area contributed by atoms with E-state index in [9.17, 15) is 10.2 Å². The van der Waals surface area contributed by atoms with Crippen LogP contribution in [-0.2, 0) is 22.5 Å². The molecule has 0 radical (unpaired) electrons. The van der Waals surface area contributed by atoms with Crippen LogP contribution in [0, 0.1) is 0 Å². The maximum atomic E-state index is 9.73. The van der Waals surface area contributed by atoms with E-state index in [2.05, 4.69) is 6.07 Å². The Morgan fingerprint density at radius 3 is 2.59 bits per heavy atom. The Balaban J connectivity index is 1.83. The summed E-state index contributed by atoms with van der Waals surface area (Å²) in [6, 6.07) is 8.07. The minimum Gasteiger partial charge on any atom is -0.390 e. The van der Waals surface area contributed by atoms with Crippen LogP contribution in [0.15, 0.2) is 24.3 Å². The first-order valence-corrected chi connectivity index (χ1v) is 5.89. The van der Waals surface area contributed by atoms with Gasteiger partial charge >= 0.3 is 0 Å². The van der Waals surface area contributed by atoms with E-state index in [4.69, 9.17) is 9.47 Å². The molecule has 17 heavy (non-hydrogen) atoms. The molecule has 3 rings (SSSR count). The average molecular weight is 236 g/mol. The highest BCUT2D eigenvalue weighted by molar-refractivity contribution is 5.29. The summed E-state index contributed by atoms with van der Waals surface area (Å²) < 4.78 is 11.4. The van der Waals surface area contributed by atoms with Crippen LogP contribution in [0.3, 0.4) is 0 Å². The Morgan fingerprint density at radius 2 is 1.82 bits per heavy atom. The van der Waals surface area contributed by atoms with Gasteiger partial charge in [0.25, 0.3) is 0 Å². The van der Waals surface area contributed by atoms with Gasteiger partial charge in [-0.25, -0.2) is 0 Å². The minimum absolute atomic E-state index is 0.128. The maximum absolute atomic E-state index is 9.73. The van der Waals surface area contributed by atoms with Crippen LogP contribution in [0.25, 0.3) is 0 Å². The van der Waals surface area contributed by atoms with Crippen LogP contribution < -0.4 is 0 Å². The molecule has 0 unspecified atom stereocenters. The fourth-order valence-electron chi connectivity index (χ4n) is 2.51. The van der Waals surface area contributed by atoms with Crippen LogP contribution >= 0.6 is 0 Å². The second-order valence-electron chi connectivity index (χ2n) is 4.79. The van der Waals surface area contributed by atoms with E-state index in [0.29, 0.717) is 19.4 Å². The number of rotatable bonds is 0. The molecule has 2 aliphatic rings. The molecule has 1 fully saturated rings. The third-order valence-electron chi connectivity index (χ3n) is 3.55. The third-order valence-corrected chi connectivity index (χ3v) is 3.55. The molecular weight excluding hydrogens is 220 g/mol. The monoisotopic (exact) mass is 236 g/mol. The lowest BCUT2D eigenvalue weighted by molar-refractivity contribution is -0.300. The SMILES string of the molecule is O[C@@H]1CO[C@]2(Cc3ccccc3CO2)C[C@@H]1O. The normalized spacial score (nSPS) is 36.8. The number of hydrogen-bond acceptors (Lipinski definition) is 4. The molecule has 0 bridgehead atoms. The molecule has 92 valence electrons. The minimum atomic E-state index is -0.804. The first-order valence-electron chi connectivity index (χ1n) is 5.89. The zero-order chi connectivity index (χ0) is 11.9. The van der Waals surface area contributed by atoms with Gasteiger partial charge in [0.05, 0.1) is 19.3 Å². The van der Waals surface area contributed by atoms with Crippen LogP contribution in [0.4, 0.5) is 0 Å². The molecule has 2 heterocycles. The van der Waals surface area contributed by atoms with Crippen molar-refractivity contribution in [3.05, 3.63) is 35.4 Å². The van der Waals surface area contributed by atoms with Crippen LogP contribution in [0.1, 0.15) is 17.5 Å². The molecule has 4 heteroatoms. The van der Waals surface area contributed by atoms with Crippen molar-refractivity contribution < 1.29 is 19.7 Å². The number of fused-ring (bicyclic) bond motifs is 1. The van der Waals surface area contributed by atoms with Crippen LogP contribution in [0.2, 0.25) is 0 Å². The van der Waals surface area contributed by atoms with E-state index in [1.165, 1.54) is 11.1 Å². The third kappa shape index (κ3) is 1.98. The van der Waals surface area contributed by atoms with E-state index in [0.717, 1.165) is 0 Å². The summed E-state index contributed by atoms with van der Waals surface area (Å²) in [5, 5.41) is 19.2. The lowest BCUT2D eigenvalue weighted by Gasteiger charge is -2.43. The van der Waals surface area contributed by atoms with Crippen LogP contribution in [0.5, 0.6) is 0 Å². The molecule has 2 N–H and O–H groups in total. The van der Waals surface area contributed by atoms with Gasteiger partial charge in [-0.3, -0.25) is 0 Å². The first kappa shape index (κ1) is 11.2. The predicted molar refractivity (Wildman–Crippen MR) is 60.2 cm³/mol. The number of benzene rings is 1. The molecule has 0 aromatic heterocycles. The Morgan fingerprint density at radius 1 is 1.06 bits per heavy atom. The standard InChI is InChI=1S/C13H16O4/c14-11-6-13(17-8-12(11)15)5-9-3-1-2-4-10(9)7-16-13/h1-4,11-12,14-15H,5-8H2/t11-,12+,13+/m0/s1. The second-order valence-corrected chi connectivity index (χ2v) is 4.79. The molecule has 3 atom stereocenters. The van der Waals surface area contributed by atoms with E-state index >= 15 is 0 Å². The van der Waals surface area contributed by atoms with Crippen molar-refractivity contribution in [2.24, 2.45) is 0 Å². The molecule has 4 nitrogen and oxygen atoms in total. The lowest BCUT2D eigenvalue weighted by atomic mass is 9.90. The summed E-state index contributed by atoms with van der Waals surface area (Å²) in [6.45, 7) is 0.627. The maximum Gasteiger partial charge on any atom is 0.175 e. The summed E-state index contributed by atoms with van der Waals surface area (Å²) >= 11 is 0. The summed E-state index contributed by atoms with van der Waals surface area (Å²) in [7, 11) is 0. The zero-order valence-corrected chi connectivity index (χ0v) is 9.50. The predicted octanol–water partition coefficient (Wildman–Crippen LogP) is 0.598. The topological polar surface area (TPSA) is 58.9 Å². The van der Waals surface area contributed by atoms with Gasteiger partial charge in [-0.05, 0) is 11.1 Å². The molecule has 2 aliphatic heterocycles. The van der Waals surface area contributed by atoms with Crippen molar-refractivity contribution in [2.45, 2.75) is 37.4 Å². The van der Waals surface area contributed by atoms with Crippen molar-refractivity contribution in [3.63, 3.8) is 0 Å². The Bertz CT molecular complexity index is 420. The summed E-state index contributed by atoms with van der Waals surface area (Å²) in [5.74, 6) is -0.757. The first-order chi connectivity index (χ1) is 8.19. The Labute approximate surface area is 99.8 Å². The largest absolute Gasteiger partial charge is 0.390 e. The highest BCUT2D eigenvalue weighted by atomic mass is 16.7. The van der Waals surface area contributed by atoms with Gasteiger partial charge in [0.1, 0.15) is 6.10 Å². The second kappa shape index (κ2) is 4.07. The van der Waals surface area contributed by atoms with Crippen molar-refractivity contribution in [2.75, 3.05) is 6.61 Å². The van der Waals surface area contributed by atoms with Gasteiger partial charge in [-0.2, -0.15) is 0 Å². The zero-order valence-electron chi connectivity index (χ0n) is 9.50. The van der Waals surface area contributed by atoms with Crippen molar-refractivity contribution >= 4 is 0 Å². The summed E-state index contributed by atoms with van der Waals surface area (Å²) in [4.78, 5) is 0. The Hall–Kier alpha value is -0.940. The number of aliphatic hydroxyl groups is 2. The van der Waals surface area contributed by atoms with Crippen molar-refractivity contribution in [3.8, 4) is 0 Å². The van der Waals surface area contributed by atoms with E-state index in [-0.39, 0.29) is 6.61 Å². The van der Waals surface area contributed by atoms with Gasteiger partial charge in [-0.1, -0.05) is 24.3 Å². The molecule has 0 saturated carbocycles. The van der Waals surface area contributed by atoms with Gasteiger partial charge in [-0.15, -0.1) is 0 Å². The Kier molecular flexibility index (Phi) is 2.67. The van der Waals surface area contributed by atoms with Gasteiger partial charge in [0.2, 0.25) is 0 Å². The summed E-state index contributed by atoms with van der Waals surface area (Å²) in [5.41, 5.74) is 2.37. The highest BCUT2D eigenvalue weighted by Crippen LogP contribution is 2.35. The summed E-state index contributed by atoms with van der Waals surface area (Å²) in [6.07, 6.45) is -0.620. The lowest BCUT2D eigenvalue weighted by Crippen LogP contribution is -2.53. The van der Waals surface area contributed by atoms with E-state index in [1.54, 1.807) is 0 Å². The fraction of sp³-hybridized carbons (Fsp3) is 0.538. The smallest absolute Gasteiger partial charge is 0.175 e.